The highest BCUT2D eigenvalue weighted by atomic mass is 19.2. The number of carbonyl (C=O) groups excluding carboxylic acids is 3. The summed E-state index contributed by atoms with van der Waals surface area (Å²) in [4.78, 5) is 51.7. The summed E-state index contributed by atoms with van der Waals surface area (Å²) in [6, 6.07) is 7.72. The zero-order chi connectivity index (χ0) is 27.1. The number of benzene rings is 2. The van der Waals surface area contributed by atoms with Crippen LogP contribution < -0.4 is 10.1 Å². The minimum absolute atomic E-state index is 0.0461. The molecule has 0 spiro atoms. The molecule has 0 saturated carbocycles. The Hall–Kier alpha value is -4.00. The van der Waals surface area contributed by atoms with Crippen LogP contribution in [0.1, 0.15) is 12.0 Å². The lowest BCUT2D eigenvalue weighted by Crippen LogP contribution is -2.54. The Bertz CT molecular complexity index is 1150. The van der Waals surface area contributed by atoms with Crippen LogP contribution in [0.2, 0.25) is 0 Å². The number of ether oxygens (including phenoxy) is 1. The summed E-state index contributed by atoms with van der Waals surface area (Å²) < 4.78 is 58.7. The van der Waals surface area contributed by atoms with Gasteiger partial charge in [-0.1, -0.05) is 30.3 Å². The second kappa shape index (κ2) is 12.3. The van der Waals surface area contributed by atoms with E-state index < -0.39 is 72.3 Å². The van der Waals surface area contributed by atoms with Gasteiger partial charge >= 0.3 is 5.97 Å². The standard InChI is InChI=1S/C24H23F4N3O6/c25-15-8-16(26)23(28)24(22(15)27)37-13-18(32)17(9-21(35)36)29-19(33)11-31-7-6-30(12-20(31)34)10-14-4-2-1-3-5-14/h1-5,8,17H,6-7,9-13H2,(H,29,33)(H,35,36). The highest BCUT2D eigenvalue weighted by molar-refractivity contribution is 5.94. The molecule has 3 rings (SSSR count). The maximum Gasteiger partial charge on any atom is 0.305 e. The molecule has 37 heavy (non-hydrogen) atoms. The maximum absolute atomic E-state index is 13.7. The molecular weight excluding hydrogens is 502 g/mol. The topological polar surface area (TPSA) is 116 Å². The number of aliphatic carboxylic acids is 1. The third-order valence-electron chi connectivity index (χ3n) is 5.51. The third-order valence-corrected chi connectivity index (χ3v) is 5.51. The van der Waals surface area contributed by atoms with Gasteiger partial charge in [0.15, 0.2) is 23.2 Å². The van der Waals surface area contributed by atoms with Gasteiger partial charge in [0.25, 0.3) is 0 Å². The van der Waals surface area contributed by atoms with Gasteiger partial charge in [-0.25, -0.2) is 8.78 Å². The second-order valence-electron chi connectivity index (χ2n) is 8.28. The predicted octanol–water partition coefficient (Wildman–Crippen LogP) is 1.49. The third kappa shape index (κ3) is 7.49. The number of hydrogen-bond acceptors (Lipinski definition) is 6. The quantitative estimate of drug-likeness (QED) is 0.337. The van der Waals surface area contributed by atoms with Crippen LogP contribution in [0.3, 0.4) is 0 Å². The number of nitrogens with one attached hydrogen (secondary N) is 1. The minimum Gasteiger partial charge on any atom is -0.481 e. The first kappa shape index (κ1) is 27.6. The van der Waals surface area contributed by atoms with Crippen LogP contribution in [0.4, 0.5) is 17.6 Å². The Labute approximate surface area is 208 Å². The summed E-state index contributed by atoms with van der Waals surface area (Å²) >= 11 is 0. The van der Waals surface area contributed by atoms with Gasteiger partial charge in [0, 0.05) is 25.7 Å². The van der Waals surface area contributed by atoms with Crippen molar-refractivity contribution in [1.82, 2.24) is 15.1 Å². The Morgan fingerprint density at radius 1 is 1.03 bits per heavy atom. The molecule has 0 aromatic heterocycles. The number of rotatable bonds is 11. The average molecular weight is 525 g/mol. The first-order chi connectivity index (χ1) is 17.5. The molecule has 1 aliphatic heterocycles. The fourth-order valence-electron chi connectivity index (χ4n) is 3.66. The van der Waals surface area contributed by atoms with Gasteiger partial charge in [0.2, 0.25) is 23.4 Å². The van der Waals surface area contributed by atoms with Crippen LogP contribution >= 0.6 is 0 Å². The Morgan fingerprint density at radius 3 is 2.27 bits per heavy atom. The van der Waals surface area contributed by atoms with E-state index >= 15 is 0 Å². The van der Waals surface area contributed by atoms with Crippen LogP contribution in [0.25, 0.3) is 0 Å². The molecule has 0 aliphatic carbocycles. The number of amides is 2. The number of ketones is 1. The van der Waals surface area contributed by atoms with Crippen molar-refractivity contribution in [3.8, 4) is 5.75 Å². The van der Waals surface area contributed by atoms with E-state index in [1.165, 1.54) is 4.90 Å². The van der Waals surface area contributed by atoms with Gasteiger partial charge in [0.1, 0.15) is 12.6 Å². The van der Waals surface area contributed by atoms with Crippen molar-refractivity contribution < 1.29 is 46.6 Å². The zero-order valence-electron chi connectivity index (χ0n) is 19.4. The van der Waals surface area contributed by atoms with Crippen molar-refractivity contribution >= 4 is 23.6 Å². The summed E-state index contributed by atoms with van der Waals surface area (Å²) in [5.41, 5.74) is 1.01. The highest BCUT2D eigenvalue weighted by Crippen LogP contribution is 2.26. The zero-order valence-corrected chi connectivity index (χ0v) is 19.4. The van der Waals surface area contributed by atoms with Crippen molar-refractivity contribution in [2.75, 3.05) is 32.8 Å². The van der Waals surface area contributed by atoms with Crippen molar-refractivity contribution in [3.63, 3.8) is 0 Å². The van der Waals surface area contributed by atoms with Crippen molar-refractivity contribution in [2.45, 2.75) is 19.0 Å². The number of carbonyl (C=O) groups is 4. The average Bonchev–Trinajstić information content (AvgIpc) is 2.84. The molecule has 0 bridgehead atoms. The molecule has 198 valence electrons. The summed E-state index contributed by atoms with van der Waals surface area (Å²) in [5.74, 6) is -12.6. The monoisotopic (exact) mass is 525 g/mol. The van der Waals surface area contributed by atoms with E-state index in [1.54, 1.807) is 0 Å². The van der Waals surface area contributed by atoms with Gasteiger partial charge in [-0.3, -0.25) is 24.1 Å². The molecule has 2 aromatic rings. The van der Waals surface area contributed by atoms with E-state index in [0.717, 1.165) is 5.56 Å². The van der Waals surface area contributed by atoms with Gasteiger partial charge in [0.05, 0.1) is 19.5 Å². The first-order valence-electron chi connectivity index (χ1n) is 11.1. The number of hydrogen-bond donors (Lipinski definition) is 2. The lowest BCUT2D eigenvalue weighted by Gasteiger charge is -2.34. The summed E-state index contributed by atoms with van der Waals surface area (Å²) in [6.07, 6.45) is -0.908. The SMILES string of the molecule is O=C(O)CC(NC(=O)CN1CCN(Cc2ccccc2)CC1=O)C(=O)COc1c(F)c(F)cc(F)c1F. The highest BCUT2D eigenvalue weighted by Gasteiger charge is 2.29. The van der Waals surface area contributed by atoms with Crippen molar-refractivity contribution in [3.05, 3.63) is 65.2 Å². The Morgan fingerprint density at radius 2 is 1.68 bits per heavy atom. The van der Waals surface area contributed by atoms with Crippen LogP contribution in [0, 0.1) is 23.3 Å². The molecule has 13 heteroatoms. The molecule has 2 amide bonds. The van der Waals surface area contributed by atoms with Gasteiger partial charge in [-0.05, 0) is 5.56 Å². The van der Waals surface area contributed by atoms with Crippen LogP contribution in [0.15, 0.2) is 36.4 Å². The number of Topliss-reactive ketones (excluding diaryl/α,β-unsaturated/α-hetero) is 1. The van der Waals surface area contributed by atoms with E-state index in [4.69, 9.17) is 5.11 Å². The molecule has 9 nitrogen and oxygen atoms in total. The lowest BCUT2D eigenvalue weighted by molar-refractivity contribution is -0.143. The fourth-order valence-corrected chi connectivity index (χ4v) is 3.66. The smallest absolute Gasteiger partial charge is 0.305 e. The summed E-state index contributed by atoms with van der Waals surface area (Å²) in [7, 11) is 0. The molecule has 1 fully saturated rings. The number of halogens is 4. The molecule has 1 saturated heterocycles. The van der Waals surface area contributed by atoms with Crippen molar-refractivity contribution in [2.24, 2.45) is 0 Å². The van der Waals surface area contributed by atoms with E-state index in [9.17, 15) is 36.7 Å². The predicted molar refractivity (Wildman–Crippen MR) is 119 cm³/mol. The Kier molecular flexibility index (Phi) is 9.17. The normalized spacial score (nSPS) is 14.8. The summed E-state index contributed by atoms with van der Waals surface area (Å²) in [5, 5.41) is 11.2. The second-order valence-corrected chi connectivity index (χ2v) is 8.28. The molecule has 2 N–H and O–H groups in total. The van der Waals surface area contributed by atoms with Crippen molar-refractivity contribution in [1.29, 1.82) is 0 Å². The lowest BCUT2D eigenvalue weighted by atomic mass is 10.1. The first-order valence-corrected chi connectivity index (χ1v) is 11.1. The minimum atomic E-state index is -1.88. The Balaban J connectivity index is 1.56. The van der Waals surface area contributed by atoms with E-state index in [-0.39, 0.29) is 25.1 Å². The van der Waals surface area contributed by atoms with Crippen LogP contribution in [-0.4, -0.2) is 77.3 Å². The largest absolute Gasteiger partial charge is 0.481 e. The maximum atomic E-state index is 13.7. The van der Waals surface area contributed by atoms with E-state index in [1.807, 2.05) is 35.2 Å². The number of carboxylic acids is 1. The molecule has 0 radical (unpaired) electrons. The molecule has 1 heterocycles. The van der Waals surface area contributed by atoms with Gasteiger partial charge in [-0.15, -0.1) is 0 Å². The van der Waals surface area contributed by atoms with Crippen LogP contribution in [0.5, 0.6) is 5.75 Å². The van der Waals surface area contributed by atoms with Crippen LogP contribution in [-0.2, 0) is 25.7 Å². The fraction of sp³-hybridized carbons (Fsp3) is 0.333. The number of carboxylic acid groups (broad SMARTS) is 1. The molecular formula is C24H23F4N3O6. The molecule has 1 aliphatic rings. The number of piperazine rings is 1. The summed E-state index contributed by atoms with van der Waals surface area (Å²) in [6.45, 7) is -0.371. The molecule has 1 unspecified atom stereocenters. The van der Waals surface area contributed by atoms with Gasteiger partial charge < -0.3 is 20.1 Å². The van der Waals surface area contributed by atoms with E-state index in [0.29, 0.717) is 13.1 Å². The molecule has 1 atom stereocenters. The number of nitrogens with zero attached hydrogens (tertiary/aromatic N) is 2. The molecule has 2 aromatic carbocycles. The van der Waals surface area contributed by atoms with E-state index in [2.05, 4.69) is 10.1 Å². The van der Waals surface area contributed by atoms with Gasteiger partial charge in [-0.2, -0.15) is 8.78 Å².